The molecule has 1 N–H and O–H groups in total. The summed E-state index contributed by atoms with van der Waals surface area (Å²) in [5.41, 5.74) is 0.960. The number of carbonyl (C=O) groups is 1. The Balaban J connectivity index is 1.81. The molecule has 106 valence electrons. The molecular formula is C16H19NO3. The van der Waals surface area contributed by atoms with Gasteiger partial charge in [-0.2, -0.15) is 0 Å². The summed E-state index contributed by atoms with van der Waals surface area (Å²) >= 11 is 0. The Morgan fingerprint density at radius 3 is 2.55 bits per heavy atom. The zero-order valence-corrected chi connectivity index (χ0v) is 11.8. The maximum Gasteiger partial charge on any atom is 0.224 e. The molecule has 0 saturated carbocycles. The summed E-state index contributed by atoms with van der Waals surface area (Å²) < 4.78 is 10.8. The monoisotopic (exact) mass is 273 g/mol. The summed E-state index contributed by atoms with van der Waals surface area (Å²) in [5.74, 6) is 2.41. The normalized spacial score (nSPS) is 10.3. The second-order valence-electron chi connectivity index (χ2n) is 4.54. The first-order valence-electron chi connectivity index (χ1n) is 6.71. The third-order valence-electron chi connectivity index (χ3n) is 2.85. The van der Waals surface area contributed by atoms with Crippen molar-refractivity contribution in [2.75, 3.05) is 6.61 Å². The Bertz CT molecular complexity index is 557. The molecule has 2 rings (SSSR count). The molecule has 0 bridgehead atoms. The van der Waals surface area contributed by atoms with E-state index in [9.17, 15) is 4.79 Å². The maximum absolute atomic E-state index is 11.8. The Morgan fingerprint density at radius 1 is 1.20 bits per heavy atom. The molecule has 4 nitrogen and oxygen atoms in total. The van der Waals surface area contributed by atoms with Crippen molar-refractivity contribution >= 4 is 5.91 Å². The maximum atomic E-state index is 11.8. The van der Waals surface area contributed by atoms with Gasteiger partial charge in [-0.3, -0.25) is 4.79 Å². The summed E-state index contributed by atoms with van der Waals surface area (Å²) in [4.78, 5) is 11.8. The molecule has 0 saturated heterocycles. The third kappa shape index (κ3) is 4.16. The van der Waals surface area contributed by atoms with Crippen LogP contribution in [0.15, 0.2) is 40.8 Å². The fourth-order valence-corrected chi connectivity index (χ4v) is 1.88. The van der Waals surface area contributed by atoms with Crippen LogP contribution in [0.3, 0.4) is 0 Å². The van der Waals surface area contributed by atoms with Gasteiger partial charge in [0.1, 0.15) is 17.3 Å². The number of nitrogens with one attached hydrogen (secondary N) is 1. The van der Waals surface area contributed by atoms with Gasteiger partial charge < -0.3 is 14.5 Å². The first-order chi connectivity index (χ1) is 9.67. The van der Waals surface area contributed by atoms with Gasteiger partial charge in [-0.05, 0) is 43.7 Å². The second-order valence-corrected chi connectivity index (χ2v) is 4.54. The zero-order valence-electron chi connectivity index (χ0n) is 11.8. The number of ether oxygens (including phenoxy) is 1. The second kappa shape index (κ2) is 6.80. The van der Waals surface area contributed by atoms with Crippen LogP contribution in [0.25, 0.3) is 0 Å². The standard InChI is InChI=1S/C16H19NO3/c1-3-19-14-8-5-13(6-9-14)10-16(18)17-11-15-7-4-12(2)20-15/h4-9H,3,10-11H2,1-2H3,(H,17,18). The number of hydrogen-bond acceptors (Lipinski definition) is 3. The molecule has 0 aliphatic heterocycles. The first-order valence-corrected chi connectivity index (χ1v) is 6.71. The Labute approximate surface area is 118 Å². The van der Waals surface area contributed by atoms with Crippen LogP contribution in [0.1, 0.15) is 24.0 Å². The van der Waals surface area contributed by atoms with Crippen LogP contribution in [0.5, 0.6) is 5.75 Å². The van der Waals surface area contributed by atoms with Crippen molar-refractivity contribution in [3.63, 3.8) is 0 Å². The van der Waals surface area contributed by atoms with E-state index in [1.165, 1.54) is 0 Å². The molecule has 2 aromatic rings. The van der Waals surface area contributed by atoms with E-state index in [-0.39, 0.29) is 5.91 Å². The quantitative estimate of drug-likeness (QED) is 0.880. The van der Waals surface area contributed by atoms with Crippen LogP contribution in [-0.4, -0.2) is 12.5 Å². The van der Waals surface area contributed by atoms with Gasteiger partial charge in [0.05, 0.1) is 19.6 Å². The van der Waals surface area contributed by atoms with E-state index in [4.69, 9.17) is 9.15 Å². The van der Waals surface area contributed by atoms with Gasteiger partial charge in [-0.15, -0.1) is 0 Å². The topological polar surface area (TPSA) is 51.5 Å². The lowest BCUT2D eigenvalue weighted by molar-refractivity contribution is -0.120. The van der Waals surface area contributed by atoms with E-state index < -0.39 is 0 Å². The van der Waals surface area contributed by atoms with E-state index in [2.05, 4.69) is 5.32 Å². The molecule has 0 aliphatic carbocycles. The molecule has 20 heavy (non-hydrogen) atoms. The van der Waals surface area contributed by atoms with Gasteiger partial charge in [-0.25, -0.2) is 0 Å². The predicted molar refractivity (Wildman–Crippen MR) is 76.6 cm³/mol. The van der Waals surface area contributed by atoms with Gasteiger partial charge in [0.15, 0.2) is 0 Å². The number of benzene rings is 1. The van der Waals surface area contributed by atoms with Crippen LogP contribution in [0.2, 0.25) is 0 Å². The number of rotatable bonds is 6. The number of carbonyl (C=O) groups excluding carboxylic acids is 1. The van der Waals surface area contributed by atoms with Gasteiger partial charge in [0, 0.05) is 0 Å². The molecule has 0 unspecified atom stereocenters. The van der Waals surface area contributed by atoms with Crippen molar-refractivity contribution in [2.24, 2.45) is 0 Å². The third-order valence-corrected chi connectivity index (χ3v) is 2.85. The molecule has 0 radical (unpaired) electrons. The van der Waals surface area contributed by atoms with Crippen LogP contribution >= 0.6 is 0 Å². The highest BCUT2D eigenvalue weighted by molar-refractivity contribution is 5.78. The van der Waals surface area contributed by atoms with Crippen molar-refractivity contribution < 1.29 is 13.9 Å². The minimum Gasteiger partial charge on any atom is -0.494 e. The minimum atomic E-state index is -0.0248. The van der Waals surface area contributed by atoms with Crippen molar-refractivity contribution in [2.45, 2.75) is 26.8 Å². The molecule has 0 atom stereocenters. The summed E-state index contributed by atoms with van der Waals surface area (Å²) in [5, 5.41) is 2.84. The summed E-state index contributed by atoms with van der Waals surface area (Å²) in [7, 11) is 0. The van der Waals surface area contributed by atoms with Crippen molar-refractivity contribution in [1.82, 2.24) is 5.32 Å². The van der Waals surface area contributed by atoms with E-state index >= 15 is 0 Å². The van der Waals surface area contributed by atoms with Crippen molar-refractivity contribution in [1.29, 1.82) is 0 Å². The van der Waals surface area contributed by atoms with Crippen molar-refractivity contribution in [3.8, 4) is 5.75 Å². The zero-order chi connectivity index (χ0) is 14.4. The lowest BCUT2D eigenvalue weighted by Gasteiger charge is -2.06. The Morgan fingerprint density at radius 2 is 1.95 bits per heavy atom. The van der Waals surface area contributed by atoms with E-state index in [0.29, 0.717) is 19.6 Å². The Hall–Kier alpha value is -2.23. The number of aryl methyl sites for hydroxylation is 1. The molecule has 0 fully saturated rings. The number of amides is 1. The molecule has 4 heteroatoms. The van der Waals surface area contributed by atoms with Gasteiger partial charge in [-0.1, -0.05) is 12.1 Å². The van der Waals surface area contributed by atoms with Crippen molar-refractivity contribution in [3.05, 3.63) is 53.5 Å². The molecule has 1 aromatic heterocycles. The number of furan rings is 1. The largest absolute Gasteiger partial charge is 0.494 e. The molecule has 0 spiro atoms. The fourth-order valence-electron chi connectivity index (χ4n) is 1.88. The predicted octanol–water partition coefficient (Wildman–Crippen LogP) is 2.85. The summed E-state index contributed by atoms with van der Waals surface area (Å²) in [6, 6.07) is 11.3. The molecule has 0 aliphatic rings. The van der Waals surface area contributed by atoms with Gasteiger partial charge >= 0.3 is 0 Å². The van der Waals surface area contributed by atoms with E-state index in [1.807, 2.05) is 50.2 Å². The van der Waals surface area contributed by atoms with Crippen LogP contribution < -0.4 is 10.1 Å². The van der Waals surface area contributed by atoms with E-state index in [0.717, 1.165) is 22.8 Å². The summed E-state index contributed by atoms with van der Waals surface area (Å²) in [6.45, 7) is 4.88. The lowest BCUT2D eigenvalue weighted by Crippen LogP contribution is -2.24. The van der Waals surface area contributed by atoms with Gasteiger partial charge in [0.25, 0.3) is 0 Å². The minimum absolute atomic E-state index is 0.0248. The van der Waals surface area contributed by atoms with Gasteiger partial charge in [0.2, 0.25) is 5.91 Å². The molecule has 1 heterocycles. The van der Waals surface area contributed by atoms with Crippen LogP contribution in [0.4, 0.5) is 0 Å². The highest BCUT2D eigenvalue weighted by Crippen LogP contribution is 2.12. The number of hydrogen-bond donors (Lipinski definition) is 1. The molecule has 1 aromatic carbocycles. The van der Waals surface area contributed by atoms with Crippen LogP contribution in [-0.2, 0) is 17.8 Å². The first kappa shape index (κ1) is 14.2. The SMILES string of the molecule is CCOc1ccc(CC(=O)NCc2ccc(C)o2)cc1. The smallest absolute Gasteiger partial charge is 0.224 e. The lowest BCUT2D eigenvalue weighted by atomic mass is 10.1. The highest BCUT2D eigenvalue weighted by atomic mass is 16.5. The average molecular weight is 273 g/mol. The molecular weight excluding hydrogens is 254 g/mol. The molecule has 1 amide bonds. The van der Waals surface area contributed by atoms with Crippen LogP contribution in [0, 0.1) is 6.92 Å². The highest BCUT2D eigenvalue weighted by Gasteiger charge is 2.05. The summed E-state index contributed by atoms with van der Waals surface area (Å²) in [6.07, 6.45) is 0.353. The Kier molecular flexibility index (Phi) is 4.82. The average Bonchev–Trinajstić information content (AvgIpc) is 2.85. The fraction of sp³-hybridized carbons (Fsp3) is 0.312. The van der Waals surface area contributed by atoms with E-state index in [1.54, 1.807) is 0 Å².